The Labute approximate surface area is 213 Å². The fraction of sp³-hybridized carbons (Fsp3) is 0.821. The molecule has 0 aromatic heterocycles. The Morgan fingerprint density at radius 3 is 2.47 bits per heavy atom. The summed E-state index contributed by atoms with van der Waals surface area (Å²) in [5, 5.41) is 24.3. The van der Waals surface area contributed by atoms with E-state index in [0.29, 0.717) is 43.2 Å². The van der Waals surface area contributed by atoms with Gasteiger partial charge in [-0.15, -0.1) is 0 Å². The molecule has 5 aliphatic rings. The molecule has 4 aliphatic carbocycles. The zero-order valence-electron chi connectivity index (χ0n) is 22.1. The van der Waals surface area contributed by atoms with E-state index in [1.54, 1.807) is 6.08 Å². The first-order chi connectivity index (χ1) is 16.8. The van der Waals surface area contributed by atoms with E-state index < -0.39 is 28.1 Å². The maximum absolute atomic E-state index is 12.9. The molecule has 4 saturated carbocycles. The summed E-state index contributed by atoms with van der Waals surface area (Å²) >= 11 is 0. The highest BCUT2D eigenvalue weighted by Gasteiger charge is 2.71. The number of cyclic esters (lactones) is 1. The van der Waals surface area contributed by atoms with Crippen molar-refractivity contribution >= 4 is 18.2 Å². The lowest BCUT2D eigenvalue weighted by Gasteiger charge is -2.65. The minimum atomic E-state index is -1.24. The number of fused-ring (bicyclic) bond motifs is 5. The number of aldehydes is 1. The summed E-state index contributed by atoms with van der Waals surface area (Å²) in [6.45, 7) is 2.69. The van der Waals surface area contributed by atoms with Crippen LogP contribution in [0.1, 0.15) is 64.7 Å². The van der Waals surface area contributed by atoms with Crippen LogP contribution in [0.4, 0.5) is 0 Å². The fourth-order valence-corrected chi connectivity index (χ4v) is 9.03. The number of esters is 2. The number of nitrogens with zero attached hydrogens (tertiary/aromatic N) is 1. The Hall–Kier alpha value is -1.77. The van der Waals surface area contributed by atoms with E-state index in [0.717, 1.165) is 31.1 Å². The molecule has 0 aromatic carbocycles. The average molecular weight is 505 g/mol. The minimum absolute atomic E-state index is 0.0826. The van der Waals surface area contributed by atoms with Crippen LogP contribution in [0.2, 0.25) is 0 Å². The Morgan fingerprint density at radius 1 is 1.11 bits per heavy atom. The SMILES string of the molecule is C[C@]12CC[C@@H]3[C@H](CC[C@@]4(O)C[C@H](OC(=O)C[N+](C)(C)C)CC[C@]34C=O)[C@@]1(O)CC[C@H]2C1=CC(=O)OC1. The van der Waals surface area contributed by atoms with E-state index >= 15 is 0 Å². The van der Waals surface area contributed by atoms with Gasteiger partial charge in [0.05, 0.1) is 37.8 Å². The van der Waals surface area contributed by atoms with Gasteiger partial charge < -0.3 is 29.0 Å². The number of likely N-dealkylation sites (N-methyl/N-ethyl adjacent to an activating group) is 1. The van der Waals surface area contributed by atoms with Gasteiger partial charge in [0.1, 0.15) is 19.0 Å². The smallest absolute Gasteiger partial charge is 0.362 e. The Bertz CT molecular complexity index is 987. The van der Waals surface area contributed by atoms with Gasteiger partial charge in [-0.05, 0) is 74.7 Å². The molecule has 5 rings (SSSR count). The van der Waals surface area contributed by atoms with Gasteiger partial charge in [-0.1, -0.05) is 6.92 Å². The average Bonchev–Trinajstić information content (AvgIpc) is 3.31. The van der Waals surface area contributed by atoms with Gasteiger partial charge in [-0.25, -0.2) is 9.59 Å². The summed E-state index contributed by atoms with van der Waals surface area (Å²) in [6, 6.07) is 0. The molecule has 8 atom stereocenters. The highest BCUT2D eigenvalue weighted by atomic mass is 16.5. The van der Waals surface area contributed by atoms with Crippen molar-refractivity contribution in [3.63, 3.8) is 0 Å². The molecular formula is C28H42NO7+. The van der Waals surface area contributed by atoms with Crippen molar-refractivity contribution in [1.29, 1.82) is 0 Å². The molecule has 36 heavy (non-hydrogen) atoms. The van der Waals surface area contributed by atoms with Gasteiger partial charge >= 0.3 is 11.9 Å². The van der Waals surface area contributed by atoms with E-state index in [-0.39, 0.29) is 42.7 Å². The first-order valence-corrected chi connectivity index (χ1v) is 13.6. The number of hydrogen-bond donors (Lipinski definition) is 2. The molecule has 0 unspecified atom stereocenters. The third-order valence-corrected chi connectivity index (χ3v) is 10.7. The highest BCUT2D eigenvalue weighted by Crippen LogP contribution is 2.70. The summed E-state index contributed by atoms with van der Waals surface area (Å²) in [5.41, 5.74) is -2.57. The maximum atomic E-state index is 12.9. The molecule has 8 nitrogen and oxygen atoms in total. The third kappa shape index (κ3) is 3.70. The van der Waals surface area contributed by atoms with Crippen LogP contribution in [-0.4, -0.2) is 84.5 Å². The normalized spacial score (nSPS) is 46.2. The van der Waals surface area contributed by atoms with Crippen LogP contribution in [0, 0.1) is 28.6 Å². The molecule has 0 spiro atoms. The van der Waals surface area contributed by atoms with Gasteiger partial charge in [0, 0.05) is 17.9 Å². The quantitative estimate of drug-likeness (QED) is 0.335. The lowest BCUT2D eigenvalue weighted by molar-refractivity contribution is -0.862. The summed E-state index contributed by atoms with van der Waals surface area (Å²) in [6.07, 6.45) is 7.36. The van der Waals surface area contributed by atoms with E-state index in [4.69, 9.17) is 9.47 Å². The fourth-order valence-electron chi connectivity index (χ4n) is 9.03. The predicted molar refractivity (Wildman–Crippen MR) is 130 cm³/mol. The van der Waals surface area contributed by atoms with Crippen LogP contribution in [-0.2, 0) is 23.9 Å². The molecule has 4 fully saturated rings. The van der Waals surface area contributed by atoms with Crippen LogP contribution in [0.5, 0.6) is 0 Å². The number of quaternary nitrogens is 1. The standard InChI is InChI=1S/C28H42NO7/c1-25-9-6-21-22(28(25,34)12-8-20(25)18-13-23(31)35-16-18)7-11-27(33)14-19(5-10-26(21,27)17-30)36-24(32)15-29(2,3)4/h13,17,19-22,33-34H,5-12,14-16H2,1-4H3/q+1/t19-,20+,21-,22+,25-,26+,27-,28+/m1/s1. The number of ether oxygens (including phenoxy) is 2. The molecule has 0 saturated heterocycles. The number of aliphatic hydroxyl groups is 2. The summed E-state index contributed by atoms with van der Waals surface area (Å²) < 4.78 is 11.4. The van der Waals surface area contributed by atoms with Crippen molar-refractivity contribution in [2.45, 2.75) is 82.0 Å². The number of carbonyl (C=O) groups excluding carboxylic acids is 3. The molecule has 0 radical (unpaired) electrons. The molecule has 8 heteroatoms. The van der Waals surface area contributed by atoms with Crippen molar-refractivity contribution in [1.82, 2.24) is 0 Å². The third-order valence-electron chi connectivity index (χ3n) is 10.7. The summed E-state index contributed by atoms with van der Waals surface area (Å²) in [5.74, 6) is -0.725. The largest absolute Gasteiger partial charge is 0.458 e. The monoisotopic (exact) mass is 504 g/mol. The van der Waals surface area contributed by atoms with Gasteiger partial charge in [0.2, 0.25) is 0 Å². The van der Waals surface area contributed by atoms with Gasteiger partial charge in [0.25, 0.3) is 0 Å². The van der Waals surface area contributed by atoms with E-state index in [1.165, 1.54) is 0 Å². The molecule has 1 aliphatic heterocycles. The number of rotatable bonds is 5. The highest BCUT2D eigenvalue weighted by molar-refractivity contribution is 5.85. The first-order valence-electron chi connectivity index (χ1n) is 13.6. The minimum Gasteiger partial charge on any atom is -0.458 e. The Balaban J connectivity index is 1.38. The lowest BCUT2D eigenvalue weighted by Crippen LogP contribution is -2.69. The van der Waals surface area contributed by atoms with Crippen LogP contribution < -0.4 is 0 Å². The van der Waals surface area contributed by atoms with Gasteiger partial charge in [-0.3, -0.25) is 0 Å². The molecule has 0 aromatic rings. The summed E-state index contributed by atoms with van der Waals surface area (Å²) in [7, 11) is 5.78. The van der Waals surface area contributed by atoms with Crippen molar-refractivity contribution in [2.24, 2.45) is 28.6 Å². The zero-order chi connectivity index (χ0) is 26.1. The van der Waals surface area contributed by atoms with Crippen molar-refractivity contribution in [2.75, 3.05) is 34.3 Å². The lowest BCUT2D eigenvalue weighted by atomic mass is 9.41. The van der Waals surface area contributed by atoms with Crippen LogP contribution >= 0.6 is 0 Å². The van der Waals surface area contributed by atoms with Crippen LogP contribution in [0.15, 0.2) is 11.6 Å². The van der Waals surface area contributed by atoms with Gasteiger partial charge in [0.15, 0.2) is 6.54 Å². The molecule has 0 bridgehead atoms. The maximum Gasteiger partial charge on any atom is 0.362 e. The second-order valence-electron chi connectivity index (χ2n) is 13.5. The van der Waals surface area contributed by atoms with Crippen molar-refractivity contribution < 1.29 is 38.6 Å². The first kappa shape index (κ1) is 25.9. The van der Waals surface area contributed by atoms with Crippen molar-refractivity contribution in [3.8, 4) is 0 Å². The van der Waals surface area contributed by atoms with Crippen LogP contribution in [0.3, 0.4) is 0 Å². The predicted octanol–water partition coefficient (Wildman–Crippen LogP) is 2.16. The molecule has 1 heterocycles. The topological polar surface area (TPSA) is 110 Å². The summed E-state index contributed by atoms with van der Waals surface area (Å²) in [4.78, 5) is 37.1. The second-order valence-corrected chi connectivity index (χ2v) is 13.5. The van der Waals surface area contributed by atoms with E-state index in [1.807, 2.05) is 21.1 Å². The van der Waals surface area contributed by atoms with Crippen molar-refractivity contribution in [3.05, 3.63) is 11.6 Å². The number of carbonyl (C=O) groups is 3. The zero-order valence-corrected chi connectivity index (χ0v) is 22.1. The molecular weight excluding hydrogens is 462 g/mol. The van der Waals surface area contributed by atoms with Gasteiger partial charge in [-0.2, -0.15) is 0 Å². The second kappa shape index (κ2) is 8.37. The Morgan fingerprint density at radius 2 is 1.83 bits per heavy atom. The van der Waals surface area contributed by atoms with Crippen LogP contribution in [0.25, 0.3) is 0 Å². The number of hydrogen-bond acceptors (Lipinski definition) is 7. The molecule has 2 N–H and O–H groups in total. The molecule has 0 amide bonds. The van der Waals surface area contributed by atoms with E-state index in [9.17, 15) is 24.6 Å². The van der Waals surface area contributed by atoms with E-state index in [2.05, 4.69) is 6.92 Å². The molecule has 200 valence electrons. The Kier molecular flexibility index (Phi) is 6.01.